The van der Waals surface area contributed by atoms with Crippen LogP contribution >= 0.6 is 0 Å². The highest BCUT2D eigenvalue weighted by molar-refractivity contribution is 5.75. The molecule has 0 aromatic heterocycles. The van der Waals surface area contributed by atoms with Crippen molar-refractivity contribution in [2.24, 2.45) is 0 Å². The van der Waals surface area contributed by atoms with Gasteiger partial charge >= 0.3 is 12.1 Å². The SMILES string of the molecule is CO[C@H]1CCN(OC(=O)C(F)(F)F)C[C@H]1F. The molecule has 1 fully saturated rings. The second kappa shape index (κ2) is 4.96. The van der Waals surface area contributed by atoms with Crippen LogP contribution in [-0.4, -0.2) is 49.7 Å². The summed E-state index contributed by atoms with van der Waals surface area (Å²) >= 11 is 0. The van der Waals surface area contributed by atoms with Gasteiger partial charge in [0.25, 0.3) is 0 Å². The van der Waals surface area contributed by atoms with Crippen LogP contribution in [-0.2, 0) is 14.4 Å². The first-order valence-electron chi connectivity index (χ1n) is 4.55. The van der Waals surface area contributed by atoms with Crippen LogP contribution in [0.2, 0.25) is 0 Å². The molecule has 0 spiro atoms. The van der Waals surface area contributed by atoms with E-state index in [4.69, 9.17) is 4.74 Å². The van der Waals surface area contributed by atoms with Gasteiger partial charge in [-0.15, -0.1) is 5.06 Å². The van der Waals surface area contributed by atoms with Crippen molar-refractivity contribution < 1.29 is 31.9 Å². The van der Waals surface area contributed by atoms with Crippen LogP contribution < -0.4 is 0 Å². The van der Waals surface area contributed by atoms with Gasteiger partial charge in [-0.25, -0.2) is 9.18 Å². The molecule has 4 nitrogen and oxygen atoms in total. The van der Waals surface area contributed by atoms with E-state index < -0.39 is 31.0 Å². The lowest BCUT2D eigenvalue weighted by Crippen LogP contribution is -2.47. The van der Waals surface area contributed by atoms with Crippen LogP contribution in [0.3, 0.4) is 0 Å². The monoisotopic (exact) mass is 245 g/mol. The molecule has 0 amide bonds. The zero-order chi connectivity index (χ0) is 12.3. The smallest absolute Gasteiger partial charge is 0.378 e. The van der Waals surface area contributed by atoms with Crippen LogP contribution in [0, 0.1) is 0 Å². The Bertz CT molecular complexity index is 258. The summed E-state index contributed by atoms with van der Waals surface area (Å²) < 4.78 is 53.4. The molecule has 1 saturated heterocycles. The number of carbonyl (C=O) groups excluding carboxylic acids is 1. The Morgan fingerprint density at radius 3 is 2.50 bits per heavy atom. The van der Waals surface area contributed by atoms with Gasteiger partial charge in [-0.3, -0.25) is 0 Å². The van der Waals surface area contributed by atoms with Gasteiger partial charge in [0.1, 0.15) is 6.17 Å². The number of hydrogen-bond donors (Lipinski definition) is 0. The summed E-state index contributed by atoms with van der Waals surface area (Å²) in [4.78, 5) is 14.4. The zero-order valence-electron chi connectivity index (χ0n) is 8.46. The quantitative estimate of drug-likeness (QED) is 0.682. The Hall–Kier alpha value is -0.890. The molecule has 2 atom stereocenters. The fraction of sp³-hybridized carbons (Fsp3) is 0.875. The number of ether oxygens (including phenoxy) is 1. The molecule has 8 heteroatoms. The standard InChI is InChI=1S/C8H11F4NO3/c1-15-6-2-3-13(4-5(6)9)16-7(14)8(10,11)12/h5-6H,2-4H2,1H3/t5-,6+/m1/s1. The van der Waals surface area contributed by atoms with E-state index in [2.05, 4.69) is 4.84 Å². The maximum atomic E-state index is 13.2. The summed E-state index contributed by atoms with van der Waals surface area (Å²) in [6, 6.07) is 0. The van der Waals surface area contributed by atoms with Crippen molar-refractivity contribution in [3.05, 3.63) is 0 Å². The van der Waals surface area contributed by atoms with E-state index >= 15 is 0 Å². The normalized spacial score (nSPS) is 27.8. The van der Waals surface area contributed by atoms with Gasteiger partial charge in [-0.2, -0.15) is 13.2 Å². The average molecular weight is 245 g/mol. The number of alkyl halides is 4. The number of piperidine rings is 1. The Morgan fingerprint density at radius 2 is 2.06 bits per heavy atom. The average Bonchev–Trinajstić information content (AvgIpc) is 2.16. The predicted octanol–water partition coefficient (Wildman–Crippen LogP) is 1.07. The van der Waals surface area contributed by atoms with Crippen molar-refractivity contribution in [1.82, 2.24) is 5.06 Å². The molecule has 1 aliphatic heterocycles. The van der Waals surface area contributed by atoms with Crippen LogP contribution in [0.25, 0.3) is 0 Å². The van der Waals surface area contributed by atoms with Gasteiger partial charge in [0.15, 0.2) is 0 Å². The van der Waals surface area contributed by atoms with E-state index in [1.54, 1.807) is 0 Å². The maximum absolute atomic E-state index is 13.2. The first-order valence-corrected chi connectivity index (χ1v) is 4.55. The van der Waals surface area contributed by atoms with E-state index in [1.165, 1.54) is 7.11 Å². The van der Waals surface area contributed by atoms with Crippen molar-refractivity contribution in [3.63, 3.8) is 0 Å². The van der Waals surface area contributed by atoms with Crippen molar-refractivity contribution in [2.45, 2.75) is 24.9 Å². The third-order valence-corrected chi connectivity index (χ3v) is 2.19. The highest BCUT2D eigenvalue weighted by Gasteiger charge is 2.43. The number of hydroxylamine groups is 2. The highest BCUT2D eigenvalue weighted by atomic mass is 19.4. The van der Waals surface area contributed by atoms with Crippen LogP contribution in [0.5, 0.6) is 0 Å². The Balaban J connectivity index is 2.44. The van der Waals surface area contributed by atoms with Gasteiger partial charge in [0.2, 0.25) is 0 Å². The lowest BCUT2D eigenvalue weighted by atomic mass is 10.1. The number of nitrogens with zero attached hydrogens (tertiary/aromatic N) is 1. The molecule has 0 N–H and O–H groups in total. The van der Waals surface area contributed by atoms with Crippen molar-refractivity contribution >= 4 is 5.97 Å². The second-order valence-electron chi connectivity index (χ2n) is 3.34. The topological polar surface area (TPSA) is 38.8 Å². The van der Waals surface area contributed by atoms with Crippen molar-refractivity contribution in [3.8, 4) is 0 Å². The lowest BCUT2D eigenvalue weighted by molar-refractivity contribution is -0.248. The molecule has 0 bridgehead atoms. The van der Waals surface area contributed by atoms with Crippen LogP contribution in [0.15, 0.2) is 0 Å². The minimum atomic E-state index is -5.07. The molecular formula is C8H11F4NO3. The fourth-order valence-corrected chi connectivity index (χ4v) is 1.37. The molecule has 94 valence electrons. The van der Waals surface area contributed by atoms with E-state index in [-0.39, 0.29) is 13.0 Å². The summed E-state index contributed by atoms with van der Waals surface area (Å²) in [7, 11) is 1.31. The van der Waals surface area contributed by atoms with Gasteiger partial charge in [-0.05, 0) is 6.42 Å². The third kappa shape index (κ3) is 3.31. The molecule has 1 rings (SSSR count). The molecule has 0 saturated carbocycles. The molecule has 1 heterocycles. The molecule has 0 aromatic rings. The minimum absolute atomic E-state index is 0.0146. The molecule has 0 radical (unpaired) electrons. The first-order chi connectivity index (χ1) is 7.34. The van der Waals surface area contributed by atoms with Crippen molar-refractivity contribution in [2.75, 3.05) is 20.2 Å². The van der Waals surface area contributed by atoms with E-state index in [0.29, 0.717) is 5.06 Å². The van der Waals surface area contributed by atoms with Gasteiger partial charge < -0.3 is 9.57 Å². The summed E-state index contributed by atoms with van der Waals surface area (Å²) in [6.07, 6.45) is -7.03. The Labute approximate surface area is 89.1 Å². The fourth-order valence-electron chi connectivity index (χ4n) is 1.37. The predicted molar refractivity (Wildman–Crippen MR) is 44.0 cm³/mol. The van der Waals surface area contributed by atoms with E-state index in [0.717, 1.165) is 0 Å². The number of halogens is 4. The molecule has 1 aliphatic rings. The summed E-state index contributed by atoms with van der Waals surface area (Å²) in [5, 5.41) is 0.663. The summed E-state index contributed by atoms with van der Waals surface area (Å²) in [5.41, 5.74) is 0. The molecular weight excluding hydrogens is 234 g/mol. The number of methoxy groups -OCH3 is 1. The second-order valence-corrected chi connectivity index (χ2v) is 3.34. The first kappa shape index (κ1) is 13.2. The Morgan fingerprint density at radius 1 is 1.44 bits per heavy atom. The number of rotatable bonds is 2. The number of hydrogen-bond acceptors (Lipinski definition) is 4. The Kier molecular flexibility index (Phi) is 4.09. The van der Waals surface area contributed by atoms with Gasteiger partial charge in [-0.1, -0.05) is 0 Å². The van der Waals surface area contributed by atoms with Crippen LogP contribution in [0.1, 0.15) is 6.42 Å². The van der Waals surface area contributed by atoms with Gasteiger partial charge in [0.05, 0.1) is 12.6 Å². The summed E-state index contributed by atoms with van der Waals surface area (Å²) in [5.74, 6) is -2.34. The van der Waals surface area contributed by atoms with E-state index in [1.807, 2.05) is 0 Å². The largest absolute Gasteiger partial charge is 0.492 e. The zero-order valence-corrected chi connectivity index (χ0v) is 8.46. The van der Waals surface area contributed by atoms with Crippen molar-refractivity contribution in [1.29, 1.82) is 0 Å². The van der Waals surface area contributed by atoms with Crippen LogP contribution in [0.4, 0.5) is 17.6 Å². The highest BCUT2D eigenvalue weighted by Crippen LogP contribution is 2.21. The van der Waals surface area contributed by atoms with Gasteiger partial charge in [0, 0.05) is 13.7 Å². The maximum Gasteiger partial charge on any atom is 0.492 e. The number of carbonyl (C=O) groups is 1. The molecule has 0 unspecified atom stereocenters. The molecule has 0 aliphatic carbocycles. The molecule has 16 heavy (non-hydrogen) atoms. The summed E-state index contributed by atoms with van der Waals surface area (Å²) in [6.45, 7) is -0.402. The molecule has 0 aromatic carbocycles. The van der Waals surface area contributed by atoms with E-state index in [9.17, 15) is 22.4 Å². The minimum Gasteiger partial charge on any atom is -0.378 e. The third-order valence-electron chi connectivity index (χ3n) is 2.19. The lowest BCUT2D eigenvalue weighted by Gasteiger charge is -2.32.